The minimum atomic E-state index is -0.734. The third kappa shape index (κ3) is 5.40. The summed E-state index contributed by atoms with van der Waals surface area (Å²) in [4.78, 5) is 59.2. The number of carbonyl (C=O) groups is 1. The number of ether oxygens (including phenoxy) is 1. The number of hydrogen-bond donors (Lipinski definition) is 2. The van der Waals surface area contributed by atoms with Gasteiger partial charge >= 0.3 is 5.69 Å². The molecule has 0 aliphatic heterocycles. The summed E-state index contributed by atoms with van der Waals surface area (Å²) in [5, 5.41) is 2.28. The van der Waals surface area contributed by atoms with Crippen molar-refractivity contribution in [3.8, 4) is 0 Å². The minimum absolute atomic E-state index is 0.0631. The number of H-pyrrole nitrogens is 1. The number of anilines is 2. The number of fused-ring (bicyclic) bond motifs is 1. The number of nitrogens with zero attached hydrogens (tertiary/aromatic N) is 4. The molecule has 3 heterocycles. The summed E-state index contributed by atoms with van der Waals surface area (Å²) < 4.78 is 7.71. The van der Waals surface area contributed by atoms with Crippen LogP contribution < -0.4 is 27.4 Å². The number of aryl methyl sites for hydroxylation is 1. The van der Waals surface area contributed by atoms with Crippen molar-refractivity contribution >= 4 is 39.0 Å². The summed E-state index contributed by atoms with van der Waals surface area (Å²) >= 11 is 1.37. The van der Waals surface area contributed by atoms with E-state index in [0.717, 1.165) is 0 Å². The van der Waals surface area contributed by atoms with Crippen molar-refractivity contribution in [2.75, 3.05) is 30.9 Å². The summed E-state index contributed by atoms with van der Waals surface area (Å²) in [6.07, 6.45) is 1.80. The average molecular weight is 477 g/mol. The average Bonchev–Trinajstić information content (AvgIpc) is 3.24. The lowest BCUT2D eigenvalue weighted by atomic mass is 10.2. The van der Waals surface area contributed by atoms with Crippen molar-refractivity contribution in [1.82, 2.24) is 19.1 Å². The third-order valence-corrected chi connectivity index (χ3v) is 5.90. The molecule has 1 amide bonds. The van der Waals surface area contributed by atoms with Crippen molar-refractivity contribution < 1.29 is 9.53 Å². The van der Waals surface area contributed by atoms with Gasteiger partial charge in [0, 0.05) is 39.8 Å². The number of hydrogen-bond acceptors (Lipinski definition) is 8. The van der Waals surface area contributed by atoms with Crippen LogP contribution in [0.2, 0.25) is 0 Å². The predicted molar refractivity (Wildman–Crippen MR) is 128 cm³/mol. The Morgan fingerprint density at radius 3 is 2.79 bits per heavy atom. The highest BCUT2D eigenvalue weighted by Gasteiger charge is 2.24. The zero-order valence-electron chi connectivity index (χ0n) is 18.9. The van der Waals surface area contributed by atoms with E-state index in [1.165, 1.54) is 38.8 Å². The molecule has 33 heavy (non-hydrogen) atoms. The van der Waals surface area contributed by atoms with E-state index in [1.54, 1.807) is 11.4 Å². The molecule has 0 saturated carbocycles. The fraction of sp³-hybridized carbons (Fsp3) is 0.476. The van der Waals surface area contributed by atoms with Gasteiger partial charge in [-0.2, -0.15) is 0 Å². The Hall–Kier alpha value is -3.25. The van der Waals surface area contributed by atoms with Crippen molar-refractivity contribution in [1.29, 1.82) is 0 Å². The zero-order chi connectivity index (χ0) is 24.1. The summed E-state index contributed by atoms with van der Waals surface area (Å²) in [6.45, 7) is 4.72. The third-order valence-electron chi connectivity index (χ3n) is 5.08. The number of amides is 1. The lowest BCUT2D eigenvalue weighted by molar-refractivity contribution is -0.118. The van der Waals surface area contributed by atoms with Crippen LogP contribution in [0.5, 0.6) is 0 Å². The van der Waals surface area contributed by atoms with Gasteiger partial charge < -0.3 is 15.4 Å². The number of methoxy groups -OCH3 is 1. The zero-order valence-corrected chi connectivity index (χ0v) is 19.7. The van der Waals surface area contributed by atoms with E-state index in [1.807, 2.05) is 13.8 Å². The molecule has 0 fully saturated rings. The van der Waals surface area contributed by atoms with Crippen molar-refractivity contribution in [2.45, 2.75) is 39.8 Å². The van der Waals surface area contributed by atoms with Crippen LogP contribution in [0, 0.1) is 5.92 Å². The molecule has 3 aromatic rings. The minimum Gasteiger partial charge on any atom is -0.385 e. The molecule has 178 valence electrons. The lowest BCUT2D eigenvalue weighted by Gasteiger charge is -2.25. The van der Waals surface area contributed by atoms with E-state index in [9.17, 15) is 19.2 Å². The quantitative estimate of drug-likeness (QED) is 0.415. The van der Waals surface area contributed by atoms with Gasteiger partial charge in [0.1, 0.15) is 10.6 Å². The van der Waals surface area contributed by atoms with Gasteiger partial charge in [0.25, 0.3) is 11.1 Å². The Morgan fingerprint density at radius 2 is 2.09 bits per heavy atom. The van der Waals surface area contributed by atoms with E-state index in [-0.39, 0.29) is 49.0 Å². The van der Waals surface area contributed by atoms with Crippen LogP contribution in [0.1, 0.15) is 26.7 Å². The van der Waals surface area contributed by atoms with E-state index in [2.05, 4.69) is 9.97 Å². The van der Waals surface area contributed by atoms with Gasteiger partial charge in [-0.25, -0.2) is 9.78 Å². The lowest BCUT2D eigenvalue weighted by Crippen LogP contribution is -2.42. The first-order valence-electron chi connectivity index (χ1n) is 10.6. The summed E-state index contributed by atoms with van der Waals surface area (Å²) in [6, 6.07) is 1.70. The molecule has 0 spiro atoms. The topological polar surface area (TPSA) is 145 Å². The molecule has 11 nitrogen and oxygen atoms in total. The highest BCUT2D eigenvalue weighted by molar-refractivity contribution is 7.16. The molecule has 0 unspecified atom stereocenters. The Kier molecular flexibility index (Phi) is 7.82. The number of nitrogens with one attached hydrogen (secondary N) is 1. The number of rotatable bonds is 10. The maximum absolute atomic E-state index is 13.2. The molecule has 0 atom stereocenters. The Bertz CT molecular complexity index is 1300. The van der Waals surface area contributed by atoms with Crippen LogP contribution in [0.3, 0.4) is 0 Å². The van der Waals surface area contributed by atoms with E-state index < -0.39 is 17.2 Å². The Balaban J connectivity index is 1.92. The fourth-order valence-electron chi connectivity index (χ4n) is 3.52. The van der Waals surface area contributed by atoms with Crippen LogP contribution in [-0.4, -0.2) is 45.3 Å². The number of aromatic amines is 1. The van der Waals surface area contributed by atoms with Gasteiger partial charge in [-0.1, -0.05) is 13.8 Å². The van der Waals surface area contributed by atoms with Crippen molar-refractivity contribution in [3.05, 3.63) is 49.0 Å². The standard InChI is InChI=1S/C21H28N6O5S/c1-13(2)11-27-17(22)16(18(29)24-21(27)31)26(7-4-9-32-3)15(28)5-8-25-12-23-19-14(20(25)30)6-10-33-19/h6,10,12-13H,4-5,7-9,11,22H2,1-3H3,(H,24,29,31). The summed E-state index contributed by atoms with van der Waals surface area (Å²) in [5.41, 5.74) is 4.55. The van der Waals surface area contributed by atoms with Crippen LogP contribution in [0.15, 0.2) is 32.2 Å². The first kappa shape index (κ1) is 24.4. The molecule has 3 N–H and O–H groups in total. The van der Waals surface area contributed by atoms with Gasteiger partial charge in [-0.05, 0) is 23.8 Å². The molecule has 12 heteroatoms. The maximum atomic E-state index is 13.2. The monoisotopic (exact) mass is 476 g/mol. The molecule has 0 radical (unpaired) electrons. The van der Waals surface area contributed by atoms with Crippen molar-refractivity contribution in [3.63, 3.8) is 0 Å². The molecular formula is C21H28N6O5S. The molecule has 0 aliphatic carbocycles. The first-order chi connectivity index (χ1) is 15.7. The molecule has 0 bridgehead atoms. The number of thiophene rings is 1. The fourth-order valence-corrected chi connectivity index (χ4v) is 4.24. The van der Waals surface area contributed by atoms with Crippen LogP contribution in [-0.2, 0) is 22.6 Å². The molecule has 3 rings (SSSR count). The smallest absolute Gasteiger partial charge is 0.330 e. The number of nitrogen functional groups attached to an aromatic ring is 1. The second-order valence-corrected chi connectivity index (χ2v) is 8.92. The molecule has 0 saturated heterocycles. The normalized spacial score (nSPS) is 11.4. The van der Waals surface area contributed by atoms with E-state index >= 15 is 0 Å². The molecule has 0 aromatic carbocycles. The maximum Gasteiger partial charge on any atom is 0.330 e. The summed E-state index contributed by atoms with van der Waals surface area (Å²) in [5.74, 6) is -0.384. The van der Waals surface area contributed by atoms with Gasteiger partial charge in [0.05, 0.1) is 11.7 Å². The second-order valence-electron chi connectivity index (χ2n) is 8.02. The SMILES string of the molecule is COCCCN(C(=O)CCn1cnc2sccc2c1=O)c1c(N)n(CC(C)C)c(=O)[nH]c1=O. The van der Waals surface area contributed by atoms with Crippen LogP contribution in [0.4, 0.5) is 11.5 Å². The molecule has 3 aromatic heterocycles. The second kappa shape index (κ2) is 10.6. The van der Waals surface area contributed by atoms with Crippen LogP contribution >= 0.6 is 11.3 Å². The largest absolute Gasteiger partial charge is 0.385 e. The highest BCUT2D eigenvalue weighted by atomic mass is 32.1. The van der Waals surface area contributed by atoms with E-state index in [4.69, 9.17) is 10.5 Å². The number of nitrogens with two attached hydrogens (primary N) is 1. The van der Waals surface area contributed by atoms with Gasteiger partial charge in [0.15, 0.2) is 5.69 Å². The van der Waals surface area contributed by atoms with Gasteiger partial charge in [-0.15, -0.1) is 11.3 Å². The Labute approximate surface area is 193 Å². The summed E-state index contributed by atoms with van der Waals surface area (Å²) in [7, 11) is 1.54. The van der Waals surface area contributed by atoms with Gasteiger partial charge in [-0.3, -0.25) is 28.5 Å². The van der Waals surface area contributed by atoms with E-state index in [0.29, 0.717) is 23.2 Å². The molecule has 0 aliphatic rings. The van der Waals surface area contributed by atoms with Crippen molar-refractivity contribution in [2.24, 2.45) is 5.92 Å². The first-order valence-corrected chi connectivity index (χ1v) is 11.5. The molecular weight excluding hydrogens is 448 g/mol. The number of aromatic nitrogens is 4. The van der Waals surface area contributed by atoms with Gasteiger partial charge in [0.2, 0.25) is 5.91 Å². The Morgan fingerprint density at radius 1 is 1.33 bits per heavy atom. The number of carbonyl (C=O) groups excluding carboxylic acids is 1. The van der Waals surface area contributed by atoms with Crippen LogP contribution in [0.25, 0.3) is 10.2 Å². The highest BCUT2D eigenvalue weighted by Crippen LogP contribution is 2.19. The predicted octanol–water partition coefficient (Wildman–Crippen LogP) is 1.01.